The first-order valence-electron chi connectivity index (χ1n) is 9.58. The van der Waals surface area contributed by atoms with Crippen molar-refractivity contribution in [1.82, 2.24) is 10.6 Å². The predicted octanol–water partition coefficient (Wildman–Crippen LogP) is 3.00. The number of ether oxygens (including phenoxy) is 1. The van der Waals surface area contributed by atoms with Crippen molar-refractivity contribution in [2.24, 2.45) is 11.8 Å². The molecule has 1 aliphatic carbocycles. The van der Waals surface area contributed by atoms with E-state index in [9.17, 15) is 9.90 Å². The Balaban J connectivity index is 1.65. The molecule has 5 heteroatoms. The van der Waals surface area contributed by atoms with E-state index in [1.165, 1.54) is 0 Å². The summed E-state index contributed by atoms with van der Waals surface area (Å²) < 4.78 is 5.48. The molecule has 138 valence electrons. The lowest BCUT2D eigenvalue weighted by Crippen LogP contribution is -2.49. The summed E-state index contributed by atoms with van der Waals surface area (Å²) in [5.74, 6) is 0.569. The van der Waals surface area contributed by atoms with Crippen molar-refractivity contribution in [1.29, 1.82) is 0 Å². The number of hydrogen-bond acceptors (Lipinski definition) is 3. The van der Waals surface area contributed by atoms with Gasteiger partial charge < -0.3 is 20.5 Å². The van der Waals surface area contributed by atoms with Gasteiger partial charge in [-0.25, -0.2) is 4.79 Å². The Morgan fingerprint density at radius 1 is 1.12 bits per heavy atom. The normalized spacial score (nSPS) is 26.0. The average Bonchev–Trinajstić information content (AvgIpc) is 2.68. The zero-order valence-corrected chi connectivity index (χ0v) is 14.8. The molecule has 1 aromatic rings. The van der Waals surface area contributed by atoms with E-state index in [2.05, 4.69) is 22.8 Å². The number of rotatable bonds is 5. The molecule has 2 fully saturated rings. The van der Waals surface area contributed by atoms with Gasteiger partial charge in [0, 0.05) is 31.8 Å². The summed E-state index contributed by atoms with van der Waals surface area (Å²) in [5, 5.41) is 15.9. The van der Waals surface area contributed by atoms with Gasteiger partial charge in [-0.1, -0.05) is 43.2 Å². The summed E-state index contributed by atoms with van der Waals surface area (Å²) in [6.45, 7) is 1.66. The molecule has 3 atom stereocenters. The maximum atomic E-state index is 12.7. The molecular formula is C20H30N2O3. The Kier molecular flexibility index (Phi) is 6.70. The Morgan fingerprint density at radius 3 is 2.56 bits per heavy atom. The molecule has 25 heavy (non-hydrogen) atoms. The van der Waals surface area contributed by atoms with Crippen molar-refractivity contribution in [3.8, 4) is 0 Å². The van der Waals surface area contributed by atoms with Gasteiger partial charge in [0.1, 0.15) is 0 Å². The van der Waals surface area contributed by atoms with Crippen molar-refractivity contribution >= 4 is 6.03 Å². The van der Waals surface area contributed by atoms with Crippen LogP contribution in [0.25, 0.3) is 0 Å². The number of urea groups is 1. The fourth-order valence-corrected chi connectivity index (χ4v) is 4.15. The summed E-state index contributed by atoms with van der Waals surface area (Å²) in [4.78, 5) is 12.7. The molecule has 2 amide bonds. The minimum Gasteiger partial charge on any atom is -0.396 e. The van der Waals surface area contributed by atoms with Gasteiger partial charge in [0.15, 0.2) is 0 Å². The Hall–Kier alpha value is -1.59. The molecular weight excluding hydrogens is 316 g/mol. The van der Waals surface area contributed by atoms with Gasteiger partial charge in [-0.3, -0.25) is 0 Å². The van der Waals surface area contributed by atoms with Gasteiger partial charge in [-0.05, 0) is 37.2 Å². The standard InChI is InChI=1S/C20H30N2O3/c23-14-17-8-4-5-9-18(17)21-20(24)22-19(15-6-2-1-3-7-15)16-10-12-25-13-11-16/h1-3,6-7,16-19,23H,4-5,8-14H2,(H2,21,22,24)/t17-,18+,19-/m0/s1. The van der Waals surface area contributed by atoms with Gasteiger partial charge in [-0.15, -0.1) is 0 Å². The van der Waals surface area contributed by atoms with Crippen LogP contribution in [0, 0.1) is 11.8 Å². The molecule has 0 aromatic heterocycles. The van der Waals surface area contributed by atoms with E-state index < -0.39 is 0 Å². The molecule has 3 N–H and O–H groups in total. The molecule has 2 aliphatic rings. The summed E-state index contributed by atoms with van der Waals surface area (Å²) in [5.41, 5.74) is 1.15. The van der Waals surface area contributed by atoms with Crippen molar-refractivity contribution in [2.75, 3.05) is 19.8 Å². The summed E-state index contributed by atoms with van der Waals surface area (Å²) in [7, 11) is 0. The first kappa shape index (κ1) is 18.2. The second kappa shape index (κ2) is 9.20. The van der Waals surface area contributed by atoms with E-state index in [1.54, 1.807) is 0 Å². The highest BCUT2D eigenvalue weighted by molar-refractivity contribution is 5.75. The lowest BCUT2D eigenvalue weighted by atomic mass is 9.85. The topological polar surface area (TPSA) is 70.6 Å². The number of benzene rings is 1. The Bertz CT molecular complexity index is 531. The maximum absolute atomic E-state index is 12.7. The molecule has 0 unspecified atom stereocenters. The summed E-state index contributed by atoms with van der Waals surface area (Å²) in [6.07, 6.45) is 6.11. The minimum absolute atomic E-state index is 0.00117. The smallest absolute Gasteiger partial charge is 0.315 e. The third kappa shape index (κ3) is 4.95. The number of aliphatic hydroxyl groups is 1. The zero-order valence-electron chi connectivity index (χ0n) is 14.8. The summed E-state index contributed by atoms with van der Waals surface area (Å²) >= 11 is 0. The minimum atomic E-state index is -0.120. The van der Waals surface area contributed by atoms with Crippen LogP contribution >= 0.6 is 0 Å². The van der Waals surface area contributed by atoms with Gasteiger partial charge >= 0.3 is 6.03 Å². The molecule has 0 spiro atoms. The molecule has 3 rings (SSSR count). The predicted molar refractivity (Wildman–Crippen MR) is 97.2 cm³/mol. The largest absolute Gasteiger partial charge is 0.396 e. The molecule has 0 radical (unpaired) electrons. The molecule has 1 aliphatic heterocycles. The fraction of sp³-hybridized carbons (Fsp3) is 0.650. The van der Waals surface area contributed by atoms with Gasteiger partial charge in [0.05, 0.1) is 6.04 Å². The molecule has 1 heterocycles. The van der Waals surface area contributed by atoms with E-state index in [-0.39, 0.29) is 30.6 Å². The van der Waals surface area contributed by atoms with E-state index >= 15 is 0 Å². The van der Waals surface area contributed by atoms with Gasteiger partial charge in [0.2, 0.25) is 0 Å². The van der Waals surface area contributed by atoms with Crippen LogP contribution in [-0.2, 0) is 4.74 Å². The molecule has 1 saturated heterocycles. The van der Waals surface area contributed by atoms with Crippen molar-refractivity contribution in [3.63, 3.8) is 0 Å². The molecule has 5 nitrogen and oxygen atoms in total. The number of hydrogen-bond donors (Lipinski definition) is 3. The van der Waals surface area contributed by atoms with Crippen LogP contribution in [0.3, 0.4) is 0 Å². The highest BCUT2D eigenvalue weighted by Gasteiger charge is 2.29. The Labute approximate surface area is 150 Å². The van der Waals surface area contributed by atoms with Crippen molar-refractivity contribution in [2.45, 2.75) is 50.6 Å². The lowest BCUT2D eigenvalue weighted by molar-refractivity contribution is 0.0545. The monoisotopic (exact) mass is 346 g/mol. The average molecular weight is 346 g/mol. The van der Waals surface area contributed by atoms with Crippen LogP contribution in [0.2, 0.25) is 0 Å². The maximum Gasteiger partial charge on any atom is 0.315 e. The second-order valence-electron chi connectivity index (χ2n) is 7.29. The summed E-state index contributed by atoms with van der Waals surface area (Å²) in [6, 6.07) is 10.2. The first-order chi connectivity index (χ1) is 12.3. The number of aliphatic hydroxyl groups excluding tert-OH is 1. The van der Waals surface area contributed by atoms with E-state index in [1.807, 2.05) is 18.2 Å². The second-order valence-corrected chi connectivity index (χ2v) is 7.29. The molecule has 1 aromatic carbocycles. The first-order valence-corrected chi connectivity index (χ1v) is 9.58. The molecule has 1 saturated carbocycles. The van der Waals surface area contributed by atoms with Gasteiger partial charge in [-0.2, -0.15) is 0 Å². The van der Waals surface area contributed by atoms with Crippen LogP contribution in [-0.4, -0.2) is 37.0 Å². The van der Waals surface area contributed by atoms with Crippen LogP contribution in [0.4, 0.5) is 4.79 Å². The number of carbonyl (C=O) groups is 1. The van der Waals surface area contributed by atoms with Crippen LogP contribution in [0.15, 0.2) is 30.3 Å². The number of nitrogens with one attached hydrogen (secondary N) is 2. The number of amides is 2. The third-order valence-corrected chi connectivity index (χ3v) is 5.64. The van der Waals surface area contributed by atoms with E-state index in [0.717, 1.165) is 57.3 Å². The van der Waals surface area contributed by atoms with Gasteiger partial charge in [0.25, 0.3) is 0 Å². The third-order valence-electron chi connectivity index (χ3n) is 5.64. The van der Waals surface area contributed by atoms with Crippen molar-refractivity contribution in [3.05, 3.63) is 35.9 Å². The zero-order chi connectivity index (χ0) is 17.5. The van der Waals surface area contributed by atoms with Crippen molar-refractivity contribution < 1.29 is 14.6 Å². The van der Waals surface area contributed by atoms with Crippen LogP contribution in [0.5, 0.6) is 0 Å². The van der Waals surface area contributed by atoms with Crippen LogP contribution < -0.4 is 10.6 Å². The highest BCUT2D eigenvalue weighted by atomic mass is 16.5. The lowest BCUT2D eigenvalue weighted by Gasteiger charge is -2.34. The Morgan fingerprint density at radius 2 is 1.84 bits per heavy atom. The number of carbonyl (C=O) groups excluding carboxylic acids is 1. The quantitative estimate of drug-likeness (QED) is 0.767. The van der Waals surface area contributed by atoms with Crippen LogP contribution in [0.1, 0.15) is 50.1 Å². The molecule has 0 bridgehead atoms. The SMILES string of the molecule is O=C(N[C@@H](c1ccccc1)C1CCOCC1)N[C@@H]1CCCC[C@H]1CO. The van der Waals surface area contributed by atoms with E-state index in [4.69, 9.17) is 4.74 Å². The fourth-order valence-electron chi connectivity index (χ4n) is 4.15. The highest BCUT2D eigenvalue weighted by Crippen LogP contribution is 2.30. The van der Waals surface area contributed by atoms with E-state index in [0.29, 0.717) is 5.92 Å².